The zero-order valence-electron chi connectivity index (χ0n) is 19.2. The van der Waals surface area contributed by atoms with Gasteiger partial charge in [0, 0.05) is 35.7 Å². The van der Waals surface area contributed by atoms with Crippen LogP contribution in [-0.4, -0.2) is 35.2 Å². The van der Waals surface area contributed by atoms with Crippen molar-refractivity contribution in [3.05, 3.63) is 35.5 Å². The fraction of sp³-hybridized carbons (Fsp3) is 0.520. The minimum atomic E-state index is -0.759. The van der Waals surface area contributed by atoms with Crippen LogP contribution in [0, 0.1) is 35.5 Å². The first-order chi connectivity index (χ1) is 15.1. The first-order valence-electron chi connectivity index (χ1n) is 11.2. The van der Waals surface area contributed by atoms with Gasteiger partial charge >= 0.3 is 0 Å². The van der Waals surface area contributed by atoms with E-state index in [1.165, 1.54) is 0 Å². The number of carbonyl (C=O) groups is 3. The van der Waals surface area contributed by atoms with E-state index in [4.69, 9.17) is 0 Å². The molecule has 1 aromatic carbocycles. The summed E-state index contributed by atoms with van der Waals surface area (Å²) in [5.41, 5.74) is 2.30. The van der Waals surface area contributed by atoms with E-state index in [1.807, 2.05) is 52.0 Å². The Kier molecular flexibility index (Phi) is 7.02. The summed E-state index contributed by atoms with van der Waals surface area (Å²) in [7, 11) is 0. The molecular formula is C25H32N4O3. The molecule has 2 amide bonds. The van der Waals surface area contributed by atoms with Crippen LogP contribution in [0.25, 0.3) is 10.9 Å². The van der Waals surface area contributed by atoms with Gasteiger partial charge in [-0.3, -0.25) is 14.4 Å². The highest BCUT2D eigenvalue weighted by Crippen LogP contribution is 2.28. The SMILES string of the molecule is Cc1ccc2cc(C(=O)C[C@@H](CC(C)(C)C)C(=O)N[C@H](C#N)C[C@@H]3CCNC3=O)[nH]c2c1. The molecule has 3 rings (SSSR count). The number of nitriles is 1. The number of benzene rings is 1. The molecule has 170 valence electrons. The largest absolute Gasteiger partial charge is 0.356 e. The van der Waals surface area contributed by atoms with Gasteiger partial charge in [-0.1, -0.05) is 32.9 Å². The molecule has 2 aromatic rings. The number of H-pyrrole nitrogens is 1. The van der Waals surface area contributed by atoms with Crippen molar-refractivity contribution in [3.8, 4) is 6.07 Å². The van der Waals surface area contributed by atoms with Crippen LogP contribution in [0.15, 0.2) is 24.3 Å². The van der Waals surface area contributed by atoms with Gasteiger partial charge < -0.3 is 15.6 Å². The summed E-state index contributed by atoms with van der Waals surface area (Å²) in [6.45, 7) is 8.66. The van der Waals surface area contributed by atoms with Crippen LogP contribution >= 0.6 is 0 Å². The third kappa shape index (κ3) is 5.97. The third-order valence-electron chi connectivity index (χ3n) is 5.90. The molecule has 3 atom stereocenters. The second kappa shape index (κ2) is 9.56. The van der Waals surface area contributed by atoms with Crippen LogP contribution in [0.4, 0.5) is 0 Å². The number of nitrogens with one attached hydrogen (secondary N) is 3. The predicted molar refractivity (Wildman–Crippen MR) is 123 cm³/mol. The maximum absolute atomic E-state index is 13.1. The summed E-state index contributed by atoms with van der Waals surface area (Å²) in [5.74, 6) is -1.35. The van der Waals surface area contributed by atoms with E-state index in [0.29, 0.717) is 25.1 Å². The molecule has 0 saturated carbocycles. The summed E-state index contributed by atoms with van der Waals surface area (Å²) in [6.07, 6.45) is 1.51. The van der Waals surface area contributed by atoms with Gasteiger partial charge in [-0.25, -0.2) is 0 Å². The number of rotatable bonds is 8. The Morgan fingerprint density at radius 1 is 1.28 bits per heavy atom. The molecule has 1 aliphatic rings. The van der Waals surface area contributed by atoms with Crippen molar-refractivity contribution in [3.63, 3.8) is 0 Å². The fourth-order valence-electron chi connectivity index (χ4n) is 4.31. The Bertz CT molecular complexity index is 1060. The molecule has 0 spiro atoms. The quantitative estimate of drug-likeness (QED) is 0.548. The standard InChI is InChI=1S/C25H32N4O3/c1-15-5-6-16-11-21(29-20(16)9-15)22(30)12-18(13-25(2,3)4)24(32)28-19(14-26)10-17-7-8-27-23(17)31/h5-6,9,11,17-19,29H,7-8,10,12-13H2,1-4H3,(H,27,31)(H,28,32)/t17-,18-,19-/m0/s1. The number of amides is 2. The molecule has 1 saturated heterocycles. The fourth-order valence-corrected chi connectivity index (χ4v) is 4.31. The molecular weight excluding hydrogens is 404 g/mol. The minimum absolute atomic E-state index is 0.0526. The summed E-state index contributed by atoms with van der Waals surface area (Å²) in [4.78, 5) is 41.2. The van der Waals surface area contributed by atoms with Gasteiger partial charge in [-0.15, -0.1) is 0 Å². The zero-order valence-corrected chi connectivity index (χ0v) is 19.2. The van der Waals surface area contributed by atoms with E-state index in [2.05, 4.69) is 21.7 Å². The summed E-state index contributed by atoms with van der Waals surface area (Å²) < 4.78 is 0. The van der Waals surface area contributed by atoms with Crippen molar-refractivity contribution in [2.75, 3.05) is 6.54 Å². The molecule has 1 aromatic heterocycles. The summed E-state index contributed by atoms with van der Waals surface area (Å²) in [5, 5.41) is 16.0. The highest BCUT2D eigenvalue weighted by molar-refractivity contribution is 6.01. The van der Waals surface area contributed by atoms with E-state index in [-0.39, 0.29) is 41.8 Å². The maximum atomic E-state index is 13.1. The van der Waals surface area contributed by atoms with Crippen molar-refractivity contribution < 1.29 is 14.4 Å². The van der Waals surface area contributed by atoms with Crippen LogP contribution in [-0.2, 0) is 9.59 Å². The van der Waals surface area contributed by atoms with E-state index in [0.717, 1.165) is 16.5 Å². The van der Waals surface area contributed by atoms with Crippen molar-refractivity contribution in [2.24, 2.45) is 17.3 Å². The first kappa shape index (κ1) is 23.5. The summed E-state index contributed by atoms with van der Waals surface area (Å²) in [6, 6.07) is 9.11. The number of nitrogens with zero attached hydrogens (tertiary/aromatic N) is 1. The number of hydrogen-bond acceptors (Lipinski definition) is 4. The smallest absolute Gasteiger partial charge is 0.224 e. The lowest BCUT2D eigenvalue weighted by atomic mass is 9.81. The van der Waals surface area contributed by atoms with E-state index >= 15 is 0 Å². The Balaban J connectivity index is 1.72. The van der Waals surface area contributed by atoms with Gasteiger partial charge in [-0.05, 0) is 49.3 Å². The van der Waals surface area contributed by atoms with Gasteiger partial charge in [0.25, 0.3) is 0 Å². The molecule has 2 heterocycles. The van der Waals surface area contributed by atoms with Crippen molar-refractivity contribution in [2.45, 2.75) is 59.4 Å². The van der Waals surface area contributed by atoms with Gasteiger partial charge in [0.05, 0.1) is 11.8 Å². The number of aryl methyl sites for hydroxylation is 1. The Hall–Kier alpha value is -3.14. The number of aromatic nitrogens is 1. The molecule has 3 N–H and O–H groups in total. The molecule has 0 aliphatic carbocycles. The van der Waals surface area contributed by atoms with Crippen LogP contribution in [0.1, 0.15) is 62.5 Å². The Morgan fingerprint density at radius 2 is 2.03 bits per heavy atom. The summed E-state index contributed by atoms with van der Waals surface area (Å²) >= 11 is 0. The monoisotopic (exact) mass is 436 g/mol. The van der Waals surface area contributed by atoms with Crippen molar-refractivity contribution in [1.82, 2.24) is 15.6 Å². The molecule has 7 nitrogen and oxygen atoms in total. The predicted octanol–water partition coefficient (Wildman–Crippen LogP) is 3.64. The highest BCUT2D eigenvalue weighted by atomic mass is 16.2. The normalized spacial score (nSPS) is 18.1. The Morgan fingerprint density at radius 3 is 2.66 bits per heavy atom. The lowest BCUT2D eigenvalue weighted by molar-refractivity contribution is -0.127. The molecule has 32 heavy (non-hydrogen) atoms. The van der Waals surface area contributed by atoms with Crippen LogP contribution in [0.3, 0.4) is 0 Å². The first-order valence-corrected chi connectivity index (χ1v) is 11.2. The number of ketones is 1. The van der Waals surface area contributed by atoms with E-state index < -0.39 is 12.0 Å². The number of fused-ring (bicyclic) bond motifs is 1. The molecule has 7 heteroatoms. The number of hydrogen-bond donors (Lipinski definition) is 3. The topological polar surface area (TPSA) is 115 Å². The molecule has 1 aliphatic heterocycles. The van der Waals surface area contributed by atoms with Crippen molar-refractivity contribution >= 4 is 28.5 Å². The van der Waals surface area contributed by atoms with Gasteiger partial charge in [0.15, 0.2) is 5.78 Å². The van der Waals surface area contributed by atoms with Crippen molar-refractivity contribution in [1.29, 1.82) is 5.26 Å². The number of aromatic amines is 1. The number of Topliss-reactive ketones (excluding diaryl/α,β-unsaturated/α-hetero) is 1. The second-order valence-corrected chi connectivity index (χ2v) is 10.1. The average Bonchev–Trinajstić information content (AvgIpc) is 3.31. The lowest BCUT2D eigenvalue weighted by Crippen LogP contribution is -2.41. The van der Waals surface area contributed by atoms with E-state index in [9.17, 15) is 19.6 Å². The highest BCUT2D eigenvalue weighted by Gasteiger charge is 2.32. The third-order valence-corrected chi connectivity index (χ3v) is 5.90. The average molecular weight is 437 g/mol. The minimum Gasteiger partial charge on any atom is -0.356 e. The second-order valence-electron chi connectivity index (χ2n) is 10.1. The van der Waals surface area contributed by atoms with Crippen LogP contribution < -0.4 is 10.6 Å². The van der Waals surface area contributed by atoms with Gasteiger partial charge in [-0.2, -0.15) is 5.26 Å². The van der Waals surface area contributed by atoms with Gasteiger partial charge in [0.1, 0.15) is 6.04 Å². The zero-order chi connectivity index (χ0) is 23.5. The lowest BCUT2D eigenvalue weighted by Gasteiger charge is -2.26. The molecule has 1 fully saturated rings. The van der Waals surface area contributed by atoms with Crippen LogP contribution in [0.2, 0.25) is 0 Å². The Labute approximate surface area is 188 Å². The molecule has 0 radical (unpaired) electrons. The maximum Gasteiger partial charge on any atom is 0.224 e. The van der Waals surface area contributed by atoms with Crippen LogP contribution in [0.5, 0.6) is 0 Å². The molecule has 0 unspecified atom stereocenters. The van der Waals surface area contributed by atoms with Gasteiger partial charge in [0.2, 0.25) is 11.8 Å². The number of carbonyl (C=O) groups excluding carboxylic acids is 3. The molecule has 0 bridgehead atoms. The van der Waals surface area contributed by atoms with E-state index in [1.54, 1.807) is 0 Å².